The lowest BCUT2D eigenvalue weighted by molar-refractivity contribution is -0.192. The maximum atomic E-state index is 12.1. The van der Waals surface area contributed by atoms with Gasteiger partial charge in [-0.05, 0) is 25.9 Å². The van der Waals surface area contributed by atoms with Crippen LogP contribution in [-0.2, 0) is 14.4 Å². The van der Waals surface area contributed by atoms with Crippen LogP contribution < -0.4 is 5.32 Å². The minimum absolute atomic E-state index is 0.0220. The standard InChI is InChI=1S/C10H16N2O4/c13-5-6-16-12-8(14)7-10(9(12)15)1-3-11-4-2-10/h11,13H,1-7H2. The zero-order valence-corrected chi connectivity index (χ0v) is 9.07. The van der Waals surface area contributed by atoms with Crippen LogP contribution >= 0.6 is 0 Å². The summed E-state index contributed by atoms with van der Waals surface area (Å²) in [5, 5.41) is 12.6. The Balaban J connectivity index is 2.08. The van der Waals surface area contributed by atoms with E-state index in [1.807, 2.05) is 0 Å². The molecule has 2 aliphatic rings. The Labute approximate surface area is 93.5 Å². The molecule has 0 aromatic heterocycles. The van der Waals surface area contributed by atoms with Gasteiger partial charge in [-0.2, -0.15) is 5.06 Å². The van der Waals surface area contributed by atoms with E-state index >= 15 is 0 Å². The van der Waals surface area contributed by atoms with Gasteiger partial charge in [0.15, 0.2) is 0 Å². The van der Waals surface area contributed by atoms with Gasteiger partial charge in [0.05, 0.1) is 18.6 Å². The second-order valence-corrected chi connectivity index (χ2v) is 4.26. The first-order chi connectivity index (χ1) is 7.69. The predicted octanol–water partition coefficient (Wildman–Crippen LogP) is -0.961. The molecule has 2 aliphatic heterocycles. The normalized spacial score (nSPS) is 24.4. The van der Waals surface area contributed by atoms with Crippen molar-refractivity contribution in [3.05, 3.63) is 0 Å². The number of carbonyl (C=O) groups is 2. The smallest absolute Gasteiger partial charge is 0.260 e. The number of nitrogens with one attached hydrogen (secondary N) is 1. The average Bonchev–Trinajstić information content (AvgIpc) is 2.50. The molecule has 0 unspecified atom stereocenters. The molecule has 2 amide bonds. The van der Waals surface area contributed by atoms with E-state index in [9.17, 15) is 9.59 Å². The van der Waals surface area contributed by atoms with Crippen LogP contribution in [0.2, 0.25) is 0 Å². The van der Waals surface area contributed by atoms with Crippen LogP contribution in [0.4, 0.5) is 0 Å². The summed E-state index contributed by atoms with van der Waals surface area (Å²) in [4.78, 5) is 28.7. The minimum atomic E-state index is -0.558. The van der Waals surface area contributed by atoms with E-state index in [0.717, 1.165) is 18.2 Å². The zero-order chi connectivity index (χ0) is 11.6. The number of rotatable bonds is 3. The van der Waals surface area contributed by atoms with Crippen molar-refractivity contribution >= 4 is 11.8 Å². The molecule has 0 atom stereocenters. The molecule has 0 aromatic rings. The van der Waals surface area contributed by atoms with Crippen LogP contribution in [0, 0.1) is 5.41 Å². The molecule has 2 fully saturated rings. The number of aliphatic hydroxyl groups excluding tert-OH is 1. The molecule has 6 nitrogen and oxygen atoms in total. The lowest BCUT2D eigenvalue weighted by Gasteiger charge is -2.30. The third-order valence-electron chi connectivity index (χ3n) is 3.23. The van der Waals surface area contributed by atoms with Crippen LogP contribution in [0.3, 0.4) is 0 Å². The van der Waals surface area contributed by atoms with Gasteiger partial charge in [-0.25, -0.2) is 0 Å². The summed E-state index contributed by atoms with van der Waals surface area (Å²) in [6.45, 7) is 1.29. The highest BCUT2D eigenvalue weighted by Gasteiger charge is 2.52. The highest BCUT2D eigenvalue weighted by Crippen LogP contribution is 2.40. The van der Waals surface area contributed by atoms with Gasteiger partial charge in [-0.15, -0.1) is 0 Å². The Morgan fingerprint density at radius 2 is 2.06 bits per heavy atom. The Morgan fingerprint density at radius 1 is 1.38 bits per heavy atom. The maximum absolute atomic E-state index is 12.1. The fourth-order valence-electron chi connectivity index (χ4n) is 2.32. The lowest BCUT2D eigenvalue weighted by atomic mass is 9.77. The largest absolute Gasteiger partial charge is 0.394 e. The second kappa shape index (κ2) is 4.48. The molecule has 2 saturated heterocycles. The van der Waals surface area contributed by atoms with Crippen molar-refractivity contribution in [1.82, 2.24) is 10.4 Å². The molecule has 0 bridgehead atoms. The van der Waals surface area contributed by atoms with Gasteiger partial charge in [0.2, 0.25) is 0 Å². The summed E-state index contributed by atoms with van der Waals surface area (Å²) < 4.78 is 0. The zero-order valence-electron chi connectivity index (χ0n) is 9.07. The van der Waals surface area contributed by atoms with Crippen LogP contribution in [0.5, 0.6) is 0 Å². The third kappa shape index (κ3) is 1.83. The summed E-state index contributed by atoms with van der Waals surface area (Å²) in [6.07, 6.45) is 1.59. The predicted molar refractivity (Wildman–Crippen MR) is 54.0 cm³/mol. The summed E-state index contributed by atoms with van der Waals surface area (Å²) in [5.74, 6) is -0.534. The summed E-state index contributed by atoms with van der Waals surface area (Å²) in [7, 11) is 0. The number of aliphatic hydroxyl groups is 1. The van der Waals surface area contributed by atoms with E-state index in [4.69, 9.17) is 9.94 Å². The second-order valence-electron chi connectivity index (χ2n) is 4.26. The lowest BCUT2D eigenvalue weighted by Crippen LogP contribution is -2.43. The number of hydrogen-bond acceptors (Lipinski definition) is 5. The Kier molecular flexibility index (Phi) is 3.22. The molecule has 90 valence electrons. The van der Waals surface area contributed by atoms with Crippen LogP contribution in [-0.4, -0.2) is 48.3 Å². The van der Waals surface area contributed by atoms with Crippen LogP contribution in [0.1, 0.15) is 19.3 Å². The summed E-state index contributed by atoms with van der Waals surface area (Å²) in [5.41, 5.74) is -0.558. The Bertz CT molecular complexity index is 299. The number of nitrogens with zero attached hydrogens (tertiary/aromatic N) is 1. The van der Waals surface area contributed by atoms with E-state index < -0.39 is 5.41 Å². The maximum Gasteiger partial charge on any atom is 0.260 e. The van der Waals surface area contributed by atoms with Crippen molar-refractivity contribution in [2.45, 2.75) is 19.3 Å². The van der Waals surface area contributed by atoms with Crippen LogP contribution in [0.15, 0.2) is 0 Å². The van der Waals surface area contributed by atoms with Crippen molar-refractivity contribution in [2.75, 3.05) is 26.3 Å². The molecule has 16 heavy (non-hydrogen) atoms. The number of hydroxylamine groups is 2. The first kappa shape index (κ1) is 11.5. The van der Waals surface area contributed by atoms with Gasteiger partial charge in [0, 0.05) is 6.42 Å². The SMILES string of the molecule is O=C1CC2(CCNCC2)C(=O)N1OCCO. The van der Waals surface area contributed by atoms with Crippen molar-refractivity contribution in [3.8, 4) is 0 Å². The quantitative estimate of drug-likeness (QED) is 0.608. The fourth-order valence-corrected chi connectivity index (χ4v) is 2.32. The van der Waals surface area contributed by atoms with Crippen molar-refractivity contribution in [2.24, 2.45) is 5.41 Å². The van der Waals surface area contributed by atoms with Gasteiger partial charge in [-0.1, -0.05) is 0 Å². The molecule has 0 radical (unpaired) electrons. The molecule has 1 spiro atoms. The number of piperidine rings is 1. The highest BCUT2D eigenvalue weighted by molar-refractivity contribution is 6.04. The molecule has 0 aromatic carbocycles. The van der Waals surface area contributed by atoms with E-state index in [0.29, 0.717) is 12.8 Å². The van der Waals surface area contributed by atoms with E-state index in [1.165, 1.54) is 0 Å². The molecular formula is C10H16N2O4. The summed E-state index contributed by atoms with van der Waals surface area (Å²) >= 11 is 0. The van der Waals surface area contributed by atoms with Crippen molar-refractivity contribution < 1.29 is 19.5 Å². The van der Waals surface area contributed by atoms with E-state index in [1.54, 1.807) is 0 Å². The van der Waals surface area contributed by atoms with E-state index in [-0.39, 0.29) is 31.4 Å². The minimum Gasteiger partial charge on any atom is -0.394 e. The highest BCUT2D eigenvalue weighted by atomic mass is 16.7. The van der Waals surface area contributed by atoms with E-state index in [2.05, 4.69) is 5.32 Å². The van der Waals surface area contributed by atoms with Gasteiger partial charge < -0.3 is 10.4 Å². The Hall–Kier alpha value is -0.980. The molecule has 0 aliphatic carbocycles. The average molecular weight is 228 g/mol. The van der Waals surface area contributed by atoms with Crippen molar-refractivity contribution in [3.63, 3.8) is 0 Å². The van der Waals surface area contributed by atoms with Gasteiger partial charge in [0.1, 0.15) is 0 Å². The number of hydrogen-bond donors (Lipinski definition) is 2. The first-order valence-electron chi connectivity index (χ1n) is 5.51. The number of imide groups is 1. The molecule has 2 heterocycles. The monoisotopic (exact) mass is 228 g/mol. The molecule has 6 heteroatoms. The molecule has 0 saturated carbocycles. The topological polar surface area (TPSA) is 78.9 Å². The fraction of sp³-hybridized carbons (Fsp3) is 0.800. The molecule has 2 rings (SSSR count). The number of carbonyl (C=O) groups excluding carboxylic acids is 2. The van der Waals surface area contributed by atoms with Gasteiger partial charge >= 0.3 is 0 Å². The first-order valence-corrected chi connectivity index (χ1v) is 5.51. The van der Waals surface area contributed by atoms with Gasteiger partial charge in [0.25, 0.3) is 11.8 Å². The van der Waals surface area contributed by atoms with Crippen LogP contribution in [0.25, 0.3) is 0 Å². The molecular weight excluding hydrogens is 212 g/mol. The van der Waals surface area contributed by atoms with Crippen molar-refractivity contribution in [1.29, 1.82) is 0 Å². The Morgan fingerprint density at radius 3 is 2.69 bits per heavy atom. The number of amides is 2. The third-order valence-corrected chi connectivity index (χ3v) is 3.23. The summed E-state index contributed by atoms with van der Waals surface area (Å²) in [6, 6.07) is 0. The molecule has 2 N–H and O–H groups in total. The van der Waals surface area contributed by atoms with Gasteiger partial charge in [-0.3, -0.25) is 14.4 Å².